The molecule has 0 saturated carbocycles. The molecular formula is C14H20FNO. The SMILES string of the molecule is CC(C)(C)CCCNC(=O)c1cccc(F)c1. The van der Waals surface area contributed by atoms with Gasteiger partial charge in [0.25, 0.3) is 5.91 Å². The fraction of sp³-hybridized carbons (Fsp3) is 0.500. The third-order valence-electron chi connectivity index (χ3n) is 2.48. The van der Waals surface area contributed by atoms with E-state index >= 15 is 0 Å². The maximum Gasteiger partial charge on any atom is 0.251 e. The second-order valence-electron chi connectivity index (χ2n) is 5.43. The molecule has 0 saturated heterocycles. The van der Waals surface area contributed by atoms with Crippen LogP contribution in [0.15, 0.2) is 24.3 Å². The van der Waals surface area contributed by atoms with Crippen molar-refractivity contribution in [3.8, 4) is 0 Å². The van der Waals surface area contributed by atoms with Crippen molar-refractivity contribution in [2.45, 2.75) is 33.6 Å². The normalized spacial score (nSPS) is 11.3. The van der Waals surface area contributed by atoms with Crippen LogP contribution in [-0.2, 0) is 0 Å². The lowest BCUT2D eigenvalue weighted by molar-refractivity contribution is 0.0951. The number of hydrogen-bond acceptors (Lipinski definition) is 1. The number of carbonyl (C=O) groups is 1. The van der Waals surface area contributed by atoms with Crippen molar-refractivity contribution in [1.82, 2.24) is 5.32 Å². The van der Waals surface area contributed by atoms with Crippen LogP contribution in [0.25, 0.3) is 0 Å². The molecule has 0 bridgehead atoms. The van der Waals surface area contributed by atoms with E-state index in [2.05, 4.69) is 26.1 Å². The van der Waals surface area contributed by atoms with E-state index in [9.17, 15) is 9.18 Å². The minimum Gasteiger partial charge on any atom is -0.352 e. The zero-order chi connectivity index (χ0) is 12.9. The molecule has 0 aliphatic rings. The molecule has 1 aromatic rings. The van der Waals surface area contributed by atoms with E-state index in [1.165, 1.54) is 12.1 Å². The fourth-order valence-corrected chi connectivity index (χ4v) is 1.55. The third-order valence-corrected chi connectivity index (χ3v) is 2.48. The largest absolute Gasteiger partial charge is 0.352 e. The molecule has 0 aliphatic heterocycles. The molecule has 0 aliphatic carbocycles. The highest BCUT2D eigenvalue weighted by molar-refractivity contribution is 5.94. The van der Waals surface area contributed by atoms with Crippen molar-refractivity contribution in [3.63, 3.8) is 0 Å². The van der Waals surface area contributed by atoms with Gasteiger partial charge in [0, 0.05) is 12.1 Å². The van der Waals surface area contributed by atoms with Crippen LogP contribution in [0, 0.1) is 11.2 Å². The molecule has 0 heterocycles. The molecule has 0 radical (unpaired) electrons. The Morgan fingerprint density at radius 3 is 2.65 bits per heavy atom. The molecule has 0 atom stereocenters. The first-order valence-electron chi connectivity index (χ1n) is 5.92. The van der Waals surface area contributed by atoms with Gasteiger partial charge in [-0.25, -0.2) is 4.39 Å². The minimum atomic E-state index is -0.382. The van der Waals surface area contributed by atoms with Crippen LogP contribution in [0.2, 0.25) is 0 Å². The average molecular weight is 237 g/mol. The summed E-state index contributed by atoms with van der Waals surface area (Å²) in [5, 5.41) is 2.79. The molecule has 1 amide bonds. The monoisotopic (exact) mass is 237 g/mol. The summed E-state index contributed by atoms with van der Waals surface area (Å²) in [6.45, 7) is 7.14. The highest BCUT2D eigenvalue weighted by atomic mass is 19.1. The van der Waals surface area contributed by atoms with Crippen molar-refractivity contribution < 1.29 is 9.18 Å². The number of carbonyl (C=O) groups excluding carboxylic acids is 1. The molecule has 0 fully saturated rings. The Bertz CT molecular complexity index is 382. The van der Waals surface area contributed by atoms with Crippen LogP contribution in [0.5, 0.6) is 0 Å². The average Bonchev–Trinajstić information content (AvgIpc) is 2.23. The van der Waals surface area contributed by atoms with E-state index in [1.807, 2.05) is 0 Å². The van der Waals surface area contributed by atoms with Crippen LogP contribution in [-0.4, -0.2) is 12.5 Å². The van der Waals surface area contributed by atoms with Crippen LogP contribution in [0.4, 0.5) is 4.39 Å². The fourth-order valence-electron chi connectivity index (χ4n) is 1.55. The maximum absolute atomic E-state index is 12.9. The Labute approximate surface area is 102 Å². The van der Waals surface area contributed by atoms with Gasteiger partial charge in [-0.15, -0.1) is 0 Å². The van der Waals surface area contributed by atoms with Crippen LogP contribution >= 0.6 is 0 Å². The number of halogens is 1. The van der Waals surface area contributed by atoms with Crippen LogP contribution in [0.1, 0.15) is 44.0 Å². The Balaban J connectivity index is 2.36. The molecule has 1 aromatic carbocycles. The molecule has 0 spiro atoms. The topological polar surface area (TPSA) is 29.1 Å². The Morgan fingerprint density at radius 1 is 1.35 bits per heavy atom. The van der Waals surface area contributed by atoms with E-state index in [0.29, 0.717) is 12.1 Å². The number of rotatable bonds is 4. The minimum absolute atomic E-state index is 0.210. The molecule has 1 N–H and O–H groups in total. The zero-order valence-electron chi connectivity index (χ0n) is 10.7. The molecular weight excluding hydrogens is 217 g/mol. The summed E-state index contributed by atoms with van der Waals surface area (Å²) in [4.78, 5) is 11.6. The molecule has 94 valence electrons. The van der Waals surface area contributed by atoms with E-state index in [-0.39, 0.29) is 17.1 Å². The number of amides is 1. The number of nitrogens with one attached hydrogen (secondary N) is 1. The third kappa shape index (κ3) is 5.48. The van der Waals surface area contributed by atoms with Crippen molar-refractivity contribution in [2.24, 2.45) is 5.41 Å². The van der Waals surface area contributed by atoms with Gasteiger partial charge < -0.3 is 5.32 Å². The van der Waals surface area contributed by atoms with E-state index in [1.54, 1.807) is 12.1 Å². The van der Waals surface area contributed by atoms with Gasteiger partial charge in [-0.1, -0.05) is 26.8 Å². The second-order valence-corrected chi connectivity index (χ2v) is 5.43. The molecule has 2 nitrogen and oxygen atoms in total. The van der Waals surface area contributed by atoms with Gasteiger partial charge in [0.1, 0.15) is 5.82 Å². The van der Waals surface area contributed by atoms with Gasteiger partial charge in [-0.05, 0) is 36.5 Å². The summed E-state index contributed by atoms with van der Waals surface area (Å²) in [5.74, 6) is -0.592. The van der Waals surface area contributed by atoms with Crippen molar-refractivity contribution in [3.05, 3.63) is 35.6 Å². The predicted molar refractivity (Wildman–Crippen MR) is 67.4 cm³/mol. The quantitative estimate of drug-likeness (QED) is 0.799. The van der Waals surface area contributed by atoms with Gasteiger partial charge in [-0.2, -0.15) is 0 Å². The maximum atomic E-state index is 12.9. The second kappa shape index (κ2) is 5.80. The lowest BCUT2D eigenvalue weighted by Gasteiger charge is -2.17. The highest BCUT2D eigenvalue weighted by Crippen LogP contribution is 2.19. The molecule has 17 heavy (non-hydrogen) atoms. The van der Waals surface area contributed by atoms with E-state index < -0.39 is 0 Å². The zero-order valence-corrected chi connectivity index (χ0v) is 10.7. The first-order valence-corrected chi connectivity index (χ1v) is 5.92. The van der Waals surface area contributed by atoms with Gasteiger partial charge in [-0.3, -0.25) is 4.79 Å². The van der Waals surface area contributed by atoms with Gasteiger partial charge in [0.15, 0.2) is 0 Å². The Morgan fingerprint density at radius 2 is 2.06 bits per heavy atom. The van der Waals surface area contributed by atoms with Crippen LogP contribution in [0.3, 0.4) is 0 Å². The smallest absolute Gasteiger partial charge is 0.251 e. The first kappa shape index (κ1) is 13.7. The van der Waals surface area contributed by atoms with E-state index in [4.69, 9.17) is 0 Å². The van der Waals surface area contributed by atoms with E-state index in [0.717, 1.165) is 12.8 Å². The van der Waals surface area contributed by atoms with Crippen molar-refractivity contribution >= 4 is 5.91 Å². The predicted octanol–water partition coefficient (Wildman–Crippen LogP) is 3.38. The number of hydrogen-bond donors (Lipinski definition) is 1. The molecule has 3 heteroatoms. The van der Waals surface area contributed by atoms with Crippen molar-refractivity contribution in [2.75, 3.05) is 6.54 Å². The summed E-state index contributed by atoms with van der Waals surface area (Å²) >= 11 is 0. The van der Waals surface area contributed by atoms with Gasteiger partial charge >= 0.3 is 0 Å². The molecule has 1 rings (SSSR count). The first-order chi connectivity index (χ1) is 7.88. The Hall–Kier alpha value is -1.38. The summed E-state index contributed by atoms with van der Waals surface area (Å²) < 4.78 is 12.9. The summed E-state index contributed by atoms with van der Waals surface area (Å²) in [7, 11) is 0. The summed E-state index contributed by atoms with van der Waals surface area (Å²) in [6.07, 6.45) is 1.99. The van der Waals surface area contributed by atoms with Crippen molar-refractivity contribution in [1.29, 1.82) is 0 Å². The lowest BCUT2D eigenvalue weighted by Crippen LogP contribution is -2.25. The molecule has 0 aromatic heterocycles. The van der Waals surface area contributed by atoms with Gasteiger partial charge in [0.2, 0.25) is 0 Å². The summed E-state index contributed by atoms with van der Waals surface area (Å²) in [6, 6.07) is 5.73. The number of benzene rings is 1. The Kier molecular flexibility index (Phi) is 4.67. The summed E-state index contributed by atoms with van der Waals surface area (Å²) in [5.41, 5.74) is 0.657. The standard InChI is InChI=1S/C14H20FNO/c1-14(2,3)8-5-9-16-13(17)11-6-4-7-12(15)10-11/h4,6-7,10H,5,8-9H2,1-3H3,(H,16,17). The van der Waals surface area contributed by atoms with Gasteiger partial charge in [0.05, 0.1) is 0 Å². The lowest BCUT2D eigenvalue weighted by atomic mass is 9.91. The molecule has 0 unspecified atom stereocenters. The highest BCUT2D eigenvalue weighted by Gasteiger charge is 2.10. The van der Waals surface area contributed by atoms with Crippen LogP contribution < -0.4 is 5.32 Å².